The Morgan fingerprint density at radius 3 is 1.37 bits per heavy atom. The number of nitrogens with zero attached hydrogens (tertiary/aromatic N) is 4. The summed E-state index contributed by atoms with van der Waals surface area (Å²) in [6.45, 7) is 3.95. The number of carboxylic acids is 2. The second-order valence-electron chi connectivity index (χ2n) is 6.76. The number of carbonyl (C=O) groups is 4. The van der Waals surface area contributed by atoms with Crippen LogP contribution in [0.15, 0.2) is 0 Å². The zero-order valence-corrected chi connectivity index (χ0v) is 17.8. The summed E-state index contributed by atoms with van der Waals surface area (Å²) in [5.41, 5.74) is 0. The van der Waals surface area contributed by atoms with Crippen molar-refractivity contribution in [3.63, 3.8) is 0 Å². The lowest BCUT2D eigenvalue weighted by Crippen LogP contribution is -2.49. The van der Waals surface area contributed by atoms with Gasteiger partial charge in [-0.1, -0.05) is 0 Å². The lowest BCUT2D eigenvalue weighted by molar-refractivity contribution is -0.140. The van der Waals surface area contributed by atoms with Crippen LogP contribution in [0.2, 0.25) is 0 Å². The molecule has 0 spiro atoms. The fraction of sp³-hybridized carbons (Fsp3) is 0.778. The monoisotopic (exact) mass is 433 g/mol. The smallest absolute Gasteiger partial charge is 0.317 e. The van der Waals surface area contributed by atoms with Gasteiger partial charge in [-0.25, -0.2) is 0 Å². The largest absolute Gasteiger partial charge is 0.480 e. The standard InChI is InChI=1S/C17H31N5O6.CH4O/c1-18-15(24)12-20-4-2-19(10-11-23)3-5-21(13-16(25)26)8-9-22(7-6-20)14-17(27)28;1-2/h11H,2-10,12-14H2,1H3,(H,18,24)(H,25,26)(H,27,28);2H,1H3. The first-order valence-corrected chi connectivity index (χ1v) is 9.76. The second-order valence-corrected chi connectivity index (χ2v) is 6.76. The van der Waals surface area contributed by atoms with Gasteiger partial charge in [0.1, 0.15) is 6.29 Å². The van der Waals surface area contributed by atoms with Crippen molar-refractivity contribution < 1.29 is 34.5 Å². The molecular formula is C18H35N5O7. The SMILES string of the molecule is CNC(=O)CN1CCN(CC=O)CCN(CC(=O)O)CCN(CC(=O)O)CC1.CO. The summed E-state index contributed by atoms with van der Waals surface area (Å²) in [5.74, 6) is -2.03. The number of likely N-dealkylation sites (N-methyl/N-ethyl adjacent to an activating group) is 1. The van der Waals surface area contributed by atoms with Crippen molar-refractivity contribution in [3.8, 4) is 0 Å². The average molecular weight is 434 g/mol. The van der Waals surface area contributed by atoms with E-state index in [2.05, 4.69) is 5.32 Å². The van der Waals surface area contributed by atoms with Crippen molar-refractivity contribution in [2.45, 2.75) is 0 Å². The summed E-state index contributed by atoms with van der Waals surface area (Å²) in [6.07, 6.45) is 0.811. The van der Waals surface area contributed by atoms with Crippen LogP contribution in [0.25, 0.3) is 0 Å². The van der Waals surface area contributed by atoms with Gasteiger partial charge in [0, 0.05) is 66.5 Å². The van der Waals surface area contributed by atoms with E-state index in [-0.39, 0.29) is 32.1 Å². The molecular weight excluding hydrogens is 398 g/mol. The van der Waals surface area contributed by atoms with E-state index >= 15 is 0 Å². The topological polar surface area (TPSA) is 154 Å². The van der Waals surface area contributed by atoms with Gasteiger partial charge >= 0.3 is 11.9 Å². The van der Waals surface area contributed by atoms with E-state index in [1.54, 1.807) is 16.8 Å². The lowest BCUT2D eigenvalue weighted by atomic mass is 10.3. The van der Waals surface area contributed by atoms with Crippen LogP contribution in [0.5, 0.6) is 0 Å². The zero-order valence-electron chi connectivity index (χ0n) is 17.8. The maximum absolute atomic E-state index is 11.8. The van der Waals surface area contributed by atoms with Gasteiger partial charge in [0.05, 0.1) is 26.2 Å². The van der Waals surface area contributed by atoms with Crippen LogP contribution in [0.3, 0.4) is 0 Å². The van der Waals surface area contributed by atoms with Crippen LogP contribution in [-0.2, 0) is 19.2 Å². The summed E-state index contributed by atoms with van der Waals surface area (Å²) in [4.78, 5) is 52.4. The fourth-order valence-corrected chi connectivity index (χ4v) is 3.01. The van der Waals surface area contributed by atoms with Gasteiger partial charge in [-0.15, -0.1) is 0 Å². The summed E-state index contributed by atoms with van der Waals surface area (Å²) in [7, 11) is 2.56. The van der Waals surface area contributed by atoms with Crippen molar-refractivity contribution in [2.24, 2.45) is 0 Å². The van der Waals surface area contributed by atoms with E-state index in [1.165, 1.54) is 0 Å². The first-order chi connectivity index (χ1) is 14.3. The summed E-state index contributed by atoms with van der Waals surface area (Å²) in [6, 6.07) is 0. The maximum atomic E-state index is 11.8. The van der Waals surface area contributed by atoms with Gasteiger partial charge in [0.2, 0.25) is 5.91 Å². The molecule has 1 fully saturated rings. The van der Waals surface area contributed by atoms with Crippen LogP contribution in [0.1, 0.15) is 0 Å². The number of hydrogen-bond acceptors (Lipinski definition) is 9. The molecule has 1 aliphatic heterocycles. The third-order valence-electron chi connectivity index (χ3n) is 4.63. The van der Waals surface area contributed by atoms with Gasteiger partial charge in [-0.2, -0.15) is 0 Å². The minimum absolute atomic E-state index is 0.133. The number of aliphatic carboxylic acids is 2. The molecule has 12 nitrogen and oxygen atoms in total. The Morgan fingerprint density at radius 2 is 1.07 bits per heavy atom. The Kier molecular flexibility index (Phi) is 15.5. The third-order valence-corrected chi connectivity index (χ3v) is 4.63. The van der Waals surface area contributed by atoms with Crippen LogP contribution in [0, 0.1) is 0 Å². The number of aldehydes is 1. The molecule has 1 rings (SSSR count). The zero-order chi connectivity index (χ0) is 22.9. The molecule has 1 amide bonds. The minimum Gasteiger partial charge on any atom is -0.480 e. The molecule has 0 radical (unpaired) electrons. The lowest BCUT2D eigenvalue weighted by Gasteiger charge is -2.32. The molecule has 174 valence electrons. The van der Waals surface area contributed by atoms with E-state index < -0.39 is 11.9 Å². The van der Waals surface area contributed by atoms with Crippen LogP contribution in [0.4, 0.5) is 0 Å². The van der Waals surface area contributed by atoms with Crippen LogP contribution in [-0.4, -0.2) is 152 Å². The van der Waals surface area contributed by atoms with Crippen LogP contribution < -0.4 is 5.32 Å². The van der Waals surface area contributed by atoms with Crippen molar-refractivity contribution in [3.05, 3.63) is 0 Å². The van der Waals surface area contributed by atoms with Crippen molar-refractivity contribution in [2.75, 3.05) is 92.7 Å². The Labute approximate surface area is 177 Å². The number of hydrogen-bond donors (Lipinski definition) is 4. The van der Waals surface area contributed by atoms with E-state index in [0.29, 0.717) is 52.4 Å². The highest BCUT2D eigenvalue weighted by Gasteiger charge is 2.19. The Bertz CT molecular complexity index is 535. The van der Waals surface area contributed by atoms with Gasteiger partial charge in [0.25, 0.3) is 0 Å². The number of carboxylic acid groups (broad SMARTS) is 2. The fourth-order valence-electron chi connectivity index (χ4n) is 3.01. The number of amides is 1. The quantitative estimate of drug-likeness (QED) is 0.288. The maximum Gasteiger partial charge on any atom is 0.317 e. The van der Waals surface area contributed by atoms with E-state index in [0.717, 1.165) is 13.4 Å². The number of aliphatic hydroxyl groups is 1. The molecule has 0 aliphatic carbocycles. The predicted molar refractivity (Wildman–Crippen MR) is 109 cm³/mol. The Morgan fingerprint density at radius 1 is 0.733 bits per heavy atom. The Hall–Kier alpha value is -2.12. The molecule has 0 bridgehead atoms. The van der Waals surface area contributed by atoms with Crippen molar-refractivity contribution >= 4 is 24.1 Å². The third kappa shape index (κ3) is 13.2. The number of nitrogens with one attached hydrogen (secondary N) is 1. The van der Waals surface area contributed by atoms with Crippen LogP contribution >= 0.6 is 0 Å². The molecule has 4 N–H and O–H groups in total. The van der Waals surface area contributed by atoms with Gasteiger partial charge in [0.15, 0.2) is 0 Å². The van der Waals surface area contributed by atoms with E-state index in [1.807, 2.05) is 9.80 Å². The normalized spacial score (nSPS) is 18.2. The number of carbonyl (C=O) groups excluding carboxylic acids is 2. The number of aliphatic hydroxyl groups excluding tert-OH is 1. The van der Waals surface area contributed by atoms with Crippen molar-refractivity contribution in [1.29, 1.82) is 0 Å². The van der Waals surface area contributed by atoms with E-state index in [9.17, 15) is 19.2 Å². The predicted octanol–water partition coefficient (Wildman–Crippen LogP) is -3.07. The molecule has 0 unspecified atom stereocenters. The second kappa shape index (κ2) is 16.7. The van der Waals surface area contributed by atoms with Gasteiger partial charge < -0.3 is 25.4 Å². The molecule has 0 aromatic heterocycles. The first kappa shape index (κ1) is 27.9. The highest BCUT2D eigenvalue weighted by molar-refractivity contribution is 5.77. The first-order valence-electron chi connectivity index (χ1n) is 9.76. The molecule has 0 saturated carbocycles. The molecule has 1 saturated heterocycles. The van der Waals surface area contributed by atoms with E-state index in [4.69, 9.17) is 15.3 Å². The Balaban J connectivity index is 0.00000407. The van der Waals surface area contributed by atoms with Gasteiger partial charge in [-0.05, 0) is 0 Å². The van der Waals surface area contributed by atoms with Gasteiger partial charge in [-0.3, -0.25) is 34.0 Å². The molecule has 12 heteroatoms. The summed E-state index contributed by atoms with van der Waals surface area (Å²) < 4.78 is 0. The highest BCUT2D eigenvalue weighted by Crippen LogP contribution is 2.01. The summed E-state index contributed by atoms with van der Waals surface area (Å²) in [5, 5.41) is 27.8. The molecule has 0 aromatic rings. The number of rotatable bonds is 8. The molecule has 1 heterocycles. The molecule has 30 heavy (non-hydrogen) atoms. The minimum atomic E-state index is -0.952. The summed E-state index contributed by atoms with van der Waals surface area (Å²) >= 11 is 0. The molecule has 1 aliphatic rings. The highest BCUT2D eigenvalue weighted by atomic mass is 16.4. The van der Waals surface area contributed by atoms with Crippen molar-refractivity contribution in [1.82, 2.24) is 24.9 Å². The molecule has 0 aromatic carbocycles. The molecule has 0 atom stereocenters. The average Bonchev–Trinajstić information content (AvgIpc) is 2.70.